The van der Waals surface area contributed by atoms with E-state index in [1.165, 1.54) is 17.8 Å². The Morgan fingerprint density at radius 2 is 2.07 bits per heavy atom. The monoisotopic (exact) mass is 228 g/mol. The molecular formula is C11H10F2OS. The van der Waals surface area contributed by atoms with E-state index >= 15 is 0 Å². The number of halogens is 2. The standard InChI is InChI=1S/C11H10F2OS/c12-10-4-3-9(6-11(10)13)15-8-2-1-7(14)5-8/h3-4,6,8H,1-2,5H2. The van der Waals surface area contributed by atoms with E-state index in [9.17, 15) is 13.6 Å². The summed E-state index contributed by atoms with van der Waals surface area (Å²) < 4.78 is 25.5. The molecule has 0 radical (unpaired) electrons. The number of hydrogen-bond donors (Lipinski definition) is 0. The van der Waals surface area contributed by atoms with Gasteiger partial charge in [0.05, 0.1) is 0 Å². The SMILES string of the molecule is O=C1CCC(Sc2ccc(F)c(F)c2)C1. The first-order valence-corrected chi connectivity index (χ1v) is 5.66. The molecular weight excluding hydrogens is 218 g/mol. The second kappa shape index (κ2) is 4.31. The maximum atomic E-state index is 12.9. The molecule has 0 N–H and O–H groups in total. The molecule has 0 aromatic heterocycles. The van der Waals surface area contributed by atoms with Crippen LogP contribution >= 0.6 is 11.8 Å². The third-order valence-electron chi connectivity index (χ3n) is 2.39. The molecule has 15 heavy (non-hydrogen) atoms. The maximum Gasteiger partial charge on any atom is 0.159 e. The van der Waals surface area contributed by atoms with E-state index in [0.717, 1.165) is 12.5 Å². The highest BCUT2D eigenvalue weighted by atomic mass is 32.2. The van der Waals surface area contributed by atoms with E-state index < -0.39 is 11.6 Å². The van der Waals surface area contributed by atoms with Crippen molar-refractivity contribution < 1.29 is 13.6 Å². The van der Waals surface area contributed by atoms with Gasteiger partial charge in [-0.25, -0.2) is 8.78 Å². The molecule has 2 rings (SSSR count). The molecule has 0 amide bonds. The van der Waals surface area contributed by atoms with Gasteiger partial charge in [0, 0.05) is 23.0 Å². The van der Waals surface area contributed by atoms with Gasteiger partial charge in [-0.2, -0.15) is 0 Å². The van der Waals surface area contributed by atoms with Crippen molar-refractivity contribution in [1.29, 1.82) is 0 Å². The summed E-state index contributed by atoms with van der Waals surface area (Å²) >= 11 is 1.45. The van der Waals surface area contributed by atoms with Crippen molar-refractivity contribution in [3.05, 3.63) is 29.8 Å². The summed E-state index contributed by atoms with van der Waals surface area (Å²) in [4.78, 5) is 11.7. The molecule has 1 nitrogen and oxygen atoms in total. The van der Waals surface area contributed by atoms with Crippen LogP contribution in [0.15, 0.2) is 23.1 Å². The first-order valence-electron chi connectivity index (χ1n) is 4.78. The van der Waals surface area contributed by atoms with Crippen LogP contribution < -0.4 is 0 Å². The van der Waals surface area contributed by atoms with Crippen molar-refractivity contribution in [3.8, 4) is 0 Å². The minimum Gasteiger partial charge on any atom is -0.300 e. The predicted molar refractivity (Wildman–Crippen MR) is 54.9 cm³/mol. The number of ketones is 1. The van der Waals surface area contributed by atoms with Gasteiger partial charge in [-0.05, 0) is 24.6 Å². The minimum atomic E-state index is -0.832. The molecule has 1 atom stereocenters. The first kappa shape index (κ1) is 10.6. The van der Waals surface area contributed by atoms with Crippen molar-refractivity contribution in [1.82, 2.24) is 0 Å². The number of thioether (sulfide) groups is 1. The highest BCUT2D eigenvalue weighted by Gasteiger charge is 2.23. The number of carbonyl (C=O) groups is 1. The van der Waals surface area contributed by atoms with Gasteiger partial charge in [0.15, 0.2) is 11.6 Å². The first-order chi connectivity index (χ1) is 7.15. The van der Waals surface area contributed by atoms with Gasteiger partial charge in [0.25, 0.3) is 0 Å². The molecule has 0 aliphatic heterocycles. The lowest BCUT2D eigenvalue weighted by Gasteiger charge is -2.07. The van der Waals surface area contributed by atoms with Gasteiger partial charge >= 0.3 is 0 Å². The van der Waals surface area contributed by atoms with E-state index in [-0.39, 0.29) is 11.0 Å². The van der Waals surface area contributed by atoms with Crippen LogP contribution in [-0.2, 0) is 4.79 Å². The van der Waals surface area contributed by atoms with E-state index in [4.69, 9.17) is 0 Å². The summed E-state index contributed by atoms with van der Waals surface area (Å²) in [7, 11) is 0. The van der Waals surface area contributed by atoms with Crippen LogP contribution in [0.25, 0.3) is 0 Å². The highest BCUT2D eigenvalue weighted by Crippen LogP contribution is 2.33. The largest absolute Gasteiger partial charge is 0.300 e. The summed E-state index contributed by atoms with van der Waals surface area (Å²) in [5.74, 6) is -1.40. The molecule has 0 bridgehead atoms. The quantitative estimate of drug-likeness (QED) is 0.773. The maximum absolute atomic E-state index is 12.9. The second-order valence-electron chi connectivity index (χ2n) is 3.60. The Balaban J connectivity index is 2.05. The van der Waals surface area contributed by atoms with Crippen LogP contribution in [0.5, 0.6) is 0 Å². The molecule has 0 heterocycles. The number of carbonyl (C=O) groups excluding carboxylic acids is 1. The predicted octanol–water partition coefficient (Wildman–Crippen LogP) is 3.18. The summed E-state index contributed by atoms with van der Waals surface area (Å²) in [6.45, 7) is 0. The second-order valence-corrected chi connectivity index (χ2v) is 4.97. The summed E-state index contributed by atoms with van der Waals surface area (Å²) in [5, 5.41) is 0.224. The van der Waals surface area contributed by atoms with Crippen LogP contribution in [-0.4, -0.2) is 11.0 Å². The fraction of sp³-hybridized carbons (Fsp3) is 0.364. The average molecular weight is 228 g/mol. The fourth-order valence-corrected chi connectivity index (χ4v) is 2.83. The van der Waals surface area contributed by atoms with E-state index in [2.05, 4.69) is 0 Å². The third-order valence-corrected chi connectivity index (χ3v) is 3.66. The Kier molecular flexibility index (Phi) is 3.05. The van der Waals surface area contributed by atoms with Crippen molar-refractivity contribution in [2.75, 3.05) is 0 Å². The molecule has 0 spiro atoms. The molecule has 1 saturated carbocycles. The van der Waals surface area contributed by atoms with Crippen molar-refractivity contribution in [3.63, 3.8) is 0 Å². The van der Waals surface area contributed by atoms with Gasteiger partial charge in [-0.3, -0.25) is 4.79 Å². The number of rotatable bonds is 2. The van der Waals surface area contributed by atoms with Gasteiger partial charge in [-0.15, -0.1) is 11.8 Å². The molecule has 1 aromatic rings. The Morgan fingerprint density at radius 3 is 2.67 bits per heavy atom. The van der Waals surface area contributed by atoms with Crippen LogP contribution in [0, 0.1) is 11.6 Å². The number of Topliss-reactive ketones (excluding diaryl/α,β-unsaturated/α-hetero) is 1. The molecule has 80 valence electrons. The van der Waals surface area contributed by atoms with E-state index in [1.807, 2.05) is 0 Å². The van der Waals surface area contributed by atoms with Gasteiger partial charge < -0.3 is 0 Å². The van der Waals surface area contributed by atoms with Gasteiger partial charge in [0.2, 0.25) is 0 Å². The molecule has 1 aromatic carbocycles. The van der Waals surface area contributed by atoms with Crippen molar-refractivity contribution in [2.45, 2.75) is 29.4 Å². The lowest BCUT2D eigenvalue weighted by molar-refractivity contribution is -0.117. The van der Waals surface area contributed by atoms with Crippen LogP contribution in [0.1, 0.15) is 19.3 Å². The van der Waals surface area contributed by atoms with Gasteiger partial charge in [-0.1, -0.05) is 0 Å². The van der Waals surface area contributed by atoms with E-state index in [1.54, 1.807) is 6.07 Å². The lowest BCUT2D eigenvalue weighted by atomic mass is 10.3. The smallest absolute Gasteiger partial charge is 0.159 e. The van der Waals surface area contributed by atoms with Crippen LogP contribution in [0.2, 0.25) is 0 Å². The third kappa shape index (κ3) is 2.56. The molecule has 0 saturated heterocycles. The van der Waals surface area contributed by atoms with Crippen molar-refractivity contribution >= 4 is 17.5 Å². The topological polar surface area (TPSA) is 17.1 Å². The minimum absolute atomic E-state index is 0.224. The zero-order chi connectivity index (χ0) is 10.8. The average Bonchev–Trinajstić information content (AvgIpc) is 2.58. The summed E-state index contributed by atoms with van der Waals surface area (Å²) in [6, 6.07) is 3.85. The Labute approximate surface area is 90.9 Å². The molecule has 1 unspecified atom stereocenters. The molecule has 1 aliphatic carbocycles. The van der Waals surface area contributed by atoms with Crippen molar-refractivity contribution in [2.24, 2.45) is 0 Å². The molecule has 1 aliphatic rings. The Bertz CT molecular complexity index is 392. The van der Waals surface area contributed by atoms with Crippen LogP contribution in [0.3, 0.4) is 0 Å². The van der Waals surface area contributed by atoms with Crippen LogP contribution in [0.4, 0.5) is 8.78 Å². The Morgan fingerprint density at radius 1 is 1.27 bits per heavy atom. The Hall–Kier alpha value is -0.900. The summed E-state index contributed by atoms with van der Waals surface area (Å²) in [5.41, 5.74) is 0. The zero-order valence-electron chi connectivity index (χ0n) is 8.00. The number of benzene rings is 1. The zero-order valence-corrected chi connectivity index (χ0v) is 8.82. The highest BCUT2D eigenvalue weighted by molar-refractivity contribution is 8.00. The normalized spacial score (nSPS) is 20.9. The lowest BCUT2D eigenvalue weighted by Crippen LogP contribution is -1.96. The molecule has 4 heteroatoms. The van der Waals surface area contributed by atoms with E-state index in [0.29, 0.717) is 17.7 Å². The van der Waals surface area contributed by atoms with Gasteiger partial charge in [0.1, 0.15) is 5.78 Å². The molecule has 1 fully saturated rings. The summed E-state index contributed by atoms with van der Waals surface area (Å²) in [6.07, 6.45) is 1.99. The number of hydrogen-bond acceptors (Lipinski definition) is 2. The fourth-order valence-electron chi connectivity index (χ4n) is 1.62.